The lowest BCUT2D eigenvalue weighted by Gasteiger charge is -2.20. The summed E-state index contributed by atoms with van der Waals surface area (Å²) < 4.78 is 0. The van der Waals surface area contributed by atoms with Gasteiger partial charge in [-0.05, 0) is 25.7 Å². The van der Waals surface area contributed by atoms with Crippen LogP contribution in [0.4, 0.5) is 0 Å². The predicted octanol–water partition coefficient (Wildman–Crippen LogP) is 0.844. The van der Waals surface area contributed by atoms with Crippen LogP contribution in [0.5, 0.6) is 0 Å². The summed E-state index contributed by atoms with van der Waals surface area (Å²) in [5.41, 5.74) is 2.75. The van der Waals surface area contributed by atoms with Crippen LogP contribution in [0.2, 0.25) is 0 Å². The molecule has 1 aliphatic carbocycles. The highest BCUT2D eigenvalue weighted by molar-refractivity contribution is 5.79. The molecule has 0 atom stereocenters. The number of rotatable bonds is 1. The van der Waals surface area contributed by atoms with Crippen LogP contribution in [0.25, 0.3) is 0 Å². The standard InChI is InChI=1S/C10H20N4/c11-13-10(14-7-3-4-8-14)12-9-5-1-2-6-9/h9H,1-8,11H2,(H,12,13). The van der Waals surface area contributed by atoms with Gasteiger partial charge >= 0.3 is 0 Å². The molecule has 0 amide bonds. The summed E-state index contributed by atoms with van der Waals surface area (Å²) in [5.74, 6) is 6.42. The SMILES string of the molecule is NNC(=NC1CCCC1)N1CCCC1. The van der Waals surface area contributed by atoms with Crippen LogP contribution in [0.3, 0.4) is 0 Å². The molecule has 1 saturated carbocycles. The van der Waals surface area contributed by atoms with Gasteiger partial charge in [-0.15, -0.1) is 0 Å². The normalized spacial score (nSPS) is 24.6. The Labute approximate surface area is 85.5 Å². The molecule has 1 saturated heterocycles. The quantitative estimate of drug-likeness (QED) is 0.283. The minimum absolute atomic E-state index is 0.515. The van der Waals surface area contributed by atoms with E-state index in [2.05, 4.69) is 15.3 Å². The van der Waals surface area contributed by atoms with E-state index in [1.165, 1.54) is 38.5 Å². The highest BCUT2D eigenvalue weighted by Gasteiger charge is 2.19. The van der Waals surface area contributed by atoms with Crippen molar-refractivity contribution in [2.45, 2.75) is 44.6 Å². The first-order valence-corrected chi connectivity index (χ1v) is 5.69. The molecule has 0 unspecified atom stereocenters. The molecule has 0 aromatic rings. The Kier molecular flexibility index (Phi) is 3.24. The molecule has 2 rings (SSSR count). The molecule has 4 heteroatoms. The summed E-state index contributed by atoms with van der Waals surface area (Å²) >= 11 is 0. The van der Waals surface area contributed by atoms with Crippen LogP contribution < -0.4 is 11.3 Å². The number of likely N-dealkylation sites (tertiary alicyclic amines) is 1. The van der Waals surface area contributed by atoms with Crippen molar-refractivity contribution in [1.29, 1.82) is 0 Å². The summed E-state index contributed by atoms with van der Waals surface area (Å²) in [6.07, 6.45) is 7.66. The van der Waals surface area contributed by atoms with Crippen LogP contribution in [-0.2, 0) is 0 Å². The van der Waals surface area contributed by atoms with Gasteiger partial charge in [0.2, 0.25) is 5.96 Å². The van der Waals surface area contributed by atoms with Gasteiger partial charge in [0.15, 0.2) is 0 Å². The Morgan fingerprint density at radius 1 is 1.14 bits per heavy atom. The van der Waals surface area contributed by atoms with E-state index >= 15 is 0 Å². The van der Waals surface area contributed by atoms with Crippen molar-refractivity contribution in [3.05, 3.63) is 0 Å². The van der Waals surface area contributed by atoms with Crippen LogP contribution in [0.1, 0.15) is 38.5 Å². The first-order valence-electron chi connectivity index (χ1n) is 5.69. The number of hydrogen-bond donors (Lipinski definition) is 2. The average molecular weight is 196 g/mol. The second kappa shape index (κ2) is 4.64. The van der Waals surface area contributed by atoms with Gasteiger partial charge in [-0.25, -0.2) is 10.8 Å². The Morgan fingerprint density at radius 3 is 2.36 bits per heavy atom. The molecule has 1 aliphatic heterocycles. The van der Waals surface area contributed by atoms with Gasteiger partial charge in [0.05, 0.1) is 6.04 Å². The lowest BCUT2D eigenvalue weighted by atomic mass is 10.3. The molecule has 2 aliphatic rings. The van der Waals surface area contributed by atoms with Gasteiger partial charge in [-0.3, -0.25) is 5.43 Å². The molecule has 3 N–H and O–H groups in total. The fourth-order valence-corrected chi connectivity index (χ4v) is 2.35. The summed E-state index contributed by atoms with van der Waals surface area (Å²) in [7, 11) is 0. The molecule has 14 heavy (non-hydrogen) atoms. The van der Waals surface area contributed by atoms with Gasteiger partial charge in [0.1, 0.15) is 0 Å². The van der Waals surface area contributed by atoms with Gasteiger partial charge in [-0.1, -0.05) is 12.8 Å². The summed E-state index contributed by atoms with van der Waals surface area (Å²) in [5, 5.41) is 0. The minimum atomic E-state index is 0.515. The fraction of sp³-hybridized carbons (Fsp3) is 0.900. The zero-order valence-electron chi connectivity index (χ0n) is 8.71. The Bertz CT molecular complexity index is 202. The van der Waals surface area contributed by atoms with E-state index in [1.54, 1.807) is 0 Å². The zero-order chi connectivity index (χ0) is 9.80. The van der Waals surface area contributed by atoms with E-state index in [0.29, 0.717) is 6.04 Å². The lowest BCUT2D eigenvalue weighted by molar-refractivity contribution is 0.487. The van der Waals surface area contributed by atoms with Gasteiger partial charge in [-0.2, -0.15) is 0 Å². The molecule has 4 nitrogen and oxygen atoms in total. The van der Waals surface area contributed by atoms with Crippen LogP contribution in [0, 0.1) is 0 Å². The zero-order valence-corrected chi connectivity index (χ0v) is 8.71. The smallest absolute Gasteiger partial charge is 0.208 e. The summed E-state index contributed by atoms with van der Waals surface area (Å²) in [4.78, 5) is 6.94. The van der Waals surface area contributed by atoms with Gasteiger partial charge in [0.25, 0.3) is 0 Å². The van der Waals surface area contributed by atoms with E-state index in [-0.39, 0.29) is 0 Å². The fourth-order valence-electron chi connectivity index (χ4n) is 2.35. The van der Waals surface area contributed by atoms with Crippen LogP contribution in [0.15, 0.2) is 4.99 Å². The first-order chi connectivity index (χ1) is 6.90. The third kappa shape index (κ3) is 2.18. The van der Waals surface area contributed by atoms with E-state index in [0.717, 1.165) is 19.0 Å². The molecule has 1 heterocycles. The number of nitrogens with zero attached hydrogens (tertiary/aromatic N) is 2. The third-order valence-corrected chi connectivity index (χ3v) is 3.16. The maximum atomic E-state index is 5.51. The van der Waals surface area contributed by atoms with E-state index in [9.17, 15) is 0 Å². The van der Waals surface area contributed by atoms with Gasteiger partial charge in [0, 0.05) is 13.1 Å². The monoisotopic (exact) mass is 196 g/mol. The number of guanidine groups is 1. The summed E-state index contributed by atoms with van der Waals surface area (Å²) in [6.45, 7) is 2.21. The Morgan fingerprint density at radius 2 is 1.79 bits per heavy atom. The molecule has 2 fully saturated rings. The third-order valence-electron chi connectivity index (χ3n) is 3.16. The number of nitrogens with two attached hydrogens (primary N) is 1. The highest BCUT2D eigenvalue weighted by Crippen LogP contribution is 2.21. The predicted molar refractivity (Wildman–Crippen MR) is 57.8 cm³/mol. The molecule has 0 aromatic carbocycles. The minimum Gasteiger partial charge on any atom is -0.342 e. The molecule has 0 spiro atoms. The van der Waals surface area contributed by atoms with Crippen molar-refractivity contribution >= 4 is 5.96 Å². The molecule has 80 valence electrons. The number of hydrogen-bond acceptors (Lipinski definition) is 2. The molecule has 0 bridgehead atoms. The van der Waals surface area contributed by atoms with Crippen LogP contribution in [-0.4, -0.2) is 30.0 Å². The van der Waals surface area contributed by atoms with Gasteiger partial charge < -0.3 is 4.90 Å². The van der Waals surface area contributed by atoms with Crippen molar-refractivity contribution in [2.24, 2.45) is 10.8 Å². The van der Waals surface area contributed by atoms with E-state index in [1.807, 2.05) is 0 Å². The second-order valence-corrected chi connectivity index (χ2v) is 4.23. The maximum absolute atomic E-state index is 5.51. The van der Waals surface area contributed by atoms with Crippen molar-refractivity contribution in [3.63, 3.8) is 0 Å². The Hall–Kier alpha value is -0.770. The van der Waals surface area contributed by atoms with E-state index in [4.69, 9.17) is 5.84 Å². The van der Waals surface area contributed by atoms with Crippen molar-refractivity contribution in [2.75, 3.05) is 13.1 Å². The second-order valence-electron chi connectivity index (χ2n) is 4.23. The molecular formula is C10H20N4. The molecule has 0 aromatic heterocycles. The average Bonchev–Trinajstić information content (AvgIpc) is 2.86. The first kappa shape index (κ1) is 9.77. The van der Waals surface area contributed by atoms with Crippen LogP contribution >= 0.6 is 0 Å². The summed E-state index contributed by atoms with van der Waals surface area (Å²) in [6, 6.07) is 0.515. The van der Waals surface area contributed by atoms with Crippen molar-refractivity contribution in [1.82, 2.24) is 10.3 Å². The molecule has 0 radical (unpaired) electrons. The Balaban J connectivity index is 1.95. The largest absolute Gasteiger partial charge is 0.342 e. The highest BCUT2D eigenvalue weighted by atomic mass is 15.4. The molecular weight excluding hydrogens is 176 g/mol. The number of nitrogens with one attached hydrogen (secondary N) is 1. The van der Waals surface area contributed by atoms with E-state index < -0.39 is 0 Å². The number of aliphatic imine (C=N–C) groups is 1. The van der Waals surface area contributed by atoms with Crippen molar-refractivity contribution < 1.29 is 0 Å². The lowest BCUT2D eigenvalue weighted by Crippen LogP contribution is -2.44. The number of hydrazine groups is 1. The maximum Gasteiger partial charge on any atom is 0.208 e. The van der Waals surface area contributed by atoms with Crippen molar-refractivity contribution in [3.8, 4) is 0 Å². The topological polar surface area (TPSA) is 53.6 Å².